The van der Waals surface area contributed by atoms with Gasteiger partial charge in [-0.3, -0.25) is 0 Å². The van der Waals surface area contributed by atoms with E-state index in [-0.39, 0.29) is 11.6 Å². The average Bonchev–Trinajstić information content (AvgIpc) is 2.38. The molecule has 0 aliphatic carbocycles. The fourth-order valence-electron chi connectivity index (χ4n) is 2.25. The van der Waals surface area contributed by atoms with E-state index in [1.807, 2.05) is 31.2 Å². The topological polar surface area (TPSA) is 12.0 Å². The quantitative estimate of drug-likeness (QED) is 0.813. The van der Waals surface area contributed by atoms with E-state index >= 15 is 0 Å². The molecule has 0 saturated heterocycles. The fraction of sp³-hybridized carbons (Fsp3) is 0.250. The van der Waals surface area contributed by atoms with Crippen LogP contribution in [0.4, 0.5) is 8.78 Å². The average molecular weight is 340 g/mol. The Bertz CT molecular complexity index is 581. The van der Waals surface area contributed by atoms with Crippen LogP contribution in [0.2, 0.25) is 0 Å². The molecule has 106 valence electrons. The normalized spacial score (nSPS) is 14.1. The molecule has 1 N–H and O–H groups in total. The highest BCUT2D eigenvalue weighted by atomic mass is 79.9. The molecule has 0 radical (unpaired) electrons. The number of nitrogens with one attached hydrogen (secondary N) is 1. The van der Waals surface area contributed by atoms with Crippen molar-refractivity contribution in [2.75, 3.05) is 0 Å². The predicted molar refractivity (Wildman–Crippen MR) is 80.5 cm³/mol. The molecule has 4 heteroatoms. The van der Waals surface area contributed by atoms with Crippen molar-refractivity contribution in [2.24, 2.45) is 0 Å². The fourth-order valence-corrected chi connectivity index (χ4v) is 2.67. The Labute approximate surface area is 126 Å². The van der Waals surface area contributed by atoms with Gasteiger partial charge in [-0.2, -0.15) is 0 Å². The molecule has 2 atom stereocenters. The molecular formula is C16H16BrF2N. The first-order valence-electron chi connectivity index (χ1n) is 6.44. The first-order valence-corrected chi connectivity index (χ1v) is 7.23. The van der Waals surface area contributed by atoms with Crippen molar-refractivity contribution in [3.05, 3.63) is 69.7 Å². The summed E-state index contributed by atoms with van der Waals surface area (Å²) in [4.78, 5) is 0. The predicted octanol–water partition coefficient (Wildman–Crippen LogP) is 5.14. The molecular weight excluding hydrogens is 324 g/mol. The van der Waals surface area contributed by atoms with Gasteiger partial charge < -0.3 is 5.32 Å². The van der Waals surface area contributed by atoms with Crippen LogP contribution in [0.15, 0.2) is 46.9 Å². The Morgan fingerprint density at radius 3 is 2.15 bits per heavy atom. The molecule has 0 aliphatic heterocycles. The minimum atomic E-state index is -0.522. The van der Waals surface area contributed by atoms with E-state index < -0.39 is 17.7 Å². The van der Waals surface area contributed by atoms with Gasteiger partial charge in [-0.15, -0.1) is 0 Å². The van der Waals surface area contributed by atoms with Gasteiger partial charge in [0.15, 0.2) is 0 Å². The first kappa shape index (κ1) is 15.1. The van der Waals surface area contributed by atoms with Crippen molar-refractivity contribution in [1.29, 1.82) is 0 Å². The van der Waals surface area contributed by atoms with E-state index in [1.54, 1.807) is 6.92 Å². The number of rotatable bonds is 4. The molecule has 2 aromatic carbocycles. The molecule has 2 unspecified atom stereocenters. The SMILES string of the molecule is CC(NC(C)c1c(F)cccc1F)c1cccc(Br)c1. The van der Waals surface area contributed by atoms with Gasteiger partial charge in [-0.05, 0) is 43.7 Å². The second-order valence-corrected chi connectivity index (χ2v) is 5.72. The Morgan fingerprint density at radius 2 is 1.55 bits per heavy atom. The lowest BCUT2D eigenvalue weighted by atomic mass is 10.0. The summed E-state index contributed by atoms with van der Waals surface area (Å²) in [5.74, 6) is -1.04. The van der Waals surface area contributed by atoms with Crippen LogP contribution in [-0.4, -0.2) is 0 Å². The van der Waals surface area contributed by atoms with Gasteiger partial charge in [0.25, 0.3) is 0 Å². The summed E-state index contributed by atoms with van der Waals surface area (Å²) in [6.45, 7) is 3.73. The third-order valence-electron chi connectivity index (χ3n) is 3.28. The van der Waals surface area contributed by atoms with E-state index in [0.29, 0.717) is 0 Å². The number of benzene rings is 2. The second-order valence-electron chi connectivity index (χ2n) is 4.80. The third kappa shape index (κ3) is 3.44. The molecule has 0 fully saturated rings. The second kappa shape index (κ2) is 6.46. The largest absolute Gasteiger partial charge is 0.303 e. The standard InChI is InChI=1S/C16H16BrF2N/c1-10(12-5-3-6-13(17)9-12)20-11(2)16-14(18)7-4-8-15(16)19/h3-11,20H,1-2H3. The van der Waals surface area contributed by atoms with Crippen LogP contribution in [0.25, 0.3) is 0 Å². The van der Waals surface area contributed by atoms with E-state index in [2.05, 4.69) is 21.2 Å². The molecule has 0 spiro atoms. The highest BCUT2D eigenvalue weighted by molar-refractivity contribution is 9.10. The first-order chi connectivity index (χ1) is 9.49. The zero-order valence-electron chi connectivity index (χ0n) is 11.3. The number of halogens is 3. The van der Waals surface area contributed by atoms with E-state index in [1.165, 1.54) is 18.2 Å². The molecule has 0 amide bonds. The molecule has 0 heterocycles. The van der Waals surface area contributed by atoms with Crippen molar-refractivity contribution in [2.45, 2.75) is 25.9 Å². The number of hydrogen-bond donors (Lipinski definition) is 1. The van der Waals surface area contributed by atoms with Gasteiger partial charge in [0.1, 0.15) is 11.6 Å². The van der Waals surface area contributed by atoms with Gasteiger partial charge in [0.05, 0.1) is 0 Å². The van der Waals surface area contributed by atoms with E-state index in [4.69, 9.17) is 0 Å². The molecule has 0 aromatic heterocycles. The van der Waals surface area contributed by atoms with E-state index in [9.17, 15) is 8.78 Å². The van der Waals surface area contributed by atoms with Crippen LogP contribution >= 0.6 is 15.9 Å². The summed E-state index contributed by atoms with van der Waals surface area (Å²) in [7, 11) is 0. The summed E-state index contributed by atoms with van der Waals surface area (Å²) in [5, 5.41) is 3.22. The van der Waals surface area contributed by atoms with Gasteiger partial charge in [0.2, 0.25) is 0 Å². The summed E-state index contributed by atoms with van der Waals surface area (Å²) < 4.78 is 28.4. The number of hydrogen-bond acceptors (Lipinski definition) is 1. The van der Waals surface area contributed by atoms with Gasteiger partial charge in [-0.1, -0.05) is 34.1 Å². The van der Waals surface area contributed by atoms with Crippen molar-refractivity contribution in [3.63, 3.8) is 0 Å². The zero-order valence-corrected chi connectivity index (χ0v) is 12.9. The smallest absolute Gasteiger partial charge is 0.130 e. The highest BCUT2D eigenvalue weighted by Crippen LogP contribution is 2.25. The summed E-state index contributed by atoms with van der Waals surface area (Å²) in [5.41, 5.74) is 1.14. The Morgan fingerprint density at radius 1 is 0.950 bits per heavy atom. The Hall–Kier alpha value is -1.26. The molecule has 0 bridgehead atoms. The summed E-state index contributed by atoms with van der Waals surface area (Å²) in [6.07, 6.45) is 0. The lowest BCUT2D eigenvalue weighted by molar-refractivity contribution is 0.450. The summed E-state index contributed by atoms with van der Waals surface area (Å²) >= 11 is 3.42. The van der Waals surface area contributed by atoms with Crippen LogP contribution in [-0.2, 0) is 0 Å². The highest BCUT2D eigenvalue weighted by Gasteiger charge is 2.18. The lowest BCUT2D eigenvalue weighted by Crippen LogP contribution is -2.24. The van der Waals surface area contributed by atoms with Crippen molar-refractivity contribution < 1.29 is 8.78 Å². The van der Waals surface area contributed by atoms with Crippen LogP contribution < -0.4 is 5.32 Å². The maximum Gasteiger partial charge on any atom is 0.130 e. The van der Waals surface area contributed by atoms with Crippen molar-refractivity contribution in [3.8, 4) is 0 Å². The minimum absolute atomic E-state index is 0.0125. The maximum atomic E-state index is 13.7. The van der Waals surface area contributed by atoms with Crippen LogP contribution in [0.5, 0.6) is 0 Å². The minimum Gasteiger partial charge on any atom is -0.303 e. The molecule has 2 rings (SSSR count). The zero-order chi connectivity index (χ0) is 14.7. The lowest BCUT2D eigenvalue weighted by Gasteiger charge is -2.21. The van der Waals surface area contributed by atoms with Gasteiger partial charge in [0, 0.05) is 22.1 Å². The molecule has 2 aromatic rings. The van der Waals surface area contributed by atoms with Gasteiger partial charge >= 0.3 is 0 Å². The third-order valence-corrected chi connectivity index (χ3v) is 3.77. The molecule has 0 aliphatic rings. The summed E-state index contributed by atoms with van der Waals surface area (Å²) in [6, 6.07) is 11.3. The molecule has 1 nitrogen and oxygen atoms in total. The molecule has 20 heavy (non-hydrogen) atoms. The van der Waals surface area contributed by atoms with E-state index in [0.717, 1.165) is 10.0 Å². The van der Waals surface area contributed by atoms with Gasteiger partial charge in [-0.25, -0.2) is 8.78 Å². The monoisotopic (exact) mass is 339 g/mol. The van der Waals surface area contributed by atoms with Crippen LogP contribution in [0.3, 0.4) is 0 Å². The van der Waals surface area contributed by atoms with Crippen molar-refractivity contribution >= 4 is 15.9 Å². The Kier molecular flexibility index (Phi) is 4.89. The van der Waals surface area contributed by atoms with Crippen LogP contribution in [0.1, 0.15) is 37.1 Å². The van der Waals surface area contributed by atoms with Crippen LogP contribution in [0, 0.1) is 11.6 Å². The molecule has 0 saturated carbocycles. The maximum absolute atomic E-state index is 13.7. The Balaban J connectivity index is 2.17. The van der Waals surface area contributed by atoms with Crippen molar-refractivity contribution in [1.82, 2.24) is 5.32 Å².